The number of urea groups is 1. The van der Waals surface area contributed by atoms with Crippen molar-refractivity contribution < 1.29 is 28.8 Å². The fourth-order valence-corrected chi connectivity index (χ4v) is 3.45. The topological polar surface area (TPSA) is 145 Å². The van der Waals surface area contributed by atoms with Gasteiger partial charge in [-0.3, -0.25) is 24.0 Å². The molecule has 0 saturated carbocycles. The molecule has 1 saturated heterocycles. The molecule has 3 unspecified atom stereocenters. The minimum Gasteiger partial charge on any atom is -0.344 e. The lowest BCUT2D eigenvalue weighted by Crippen LogP contribution is -2.58. The van der Waals surface area contributed by atoms with E-state index >= 15 is 0 Å². The summed E-state index contributed by atoms with van der Waals surface area (Å²) in [5.74, 6) is -2.94. The van der Waals surface area contributed by atoms with Gasteiger partial charge < -0.3 is 25.8 Å². The highest BCUT2D eigenvalue weighted by atomic mass is 16.2. The van der Waals surface area contributed by atoms with E-state index in [9.17, 15) is 28.8 Å². The lowest BCUT2D eigenvalue weighted by molar-refractivity contribution is -0.142. The molecule has 1 heterocycles. The van der Waals surface area contributed by atoms with Gasteiger partial charge in [0, 0.05) is 27.1 Å². The van der Waals surface area contributed by atoms with E-state index in [-0.39, 0.29) is 18.4 Å². The molecule has 11 heteroatoms. The molecule has 1 rings (SSSR count). The Bertz CT molecular complexity index is 796. The number of rotatable bonds is 11. The minimum absolute atomic E-state index is 0.244. The van der Waals surface area contributed by atoms with E-state index in [0.29, 0.717) is 25.9 Å². The zero-order valence-electron chi connectivity index (χ0n) is 20.0. The van der Waals surface area contributed by atoms with Crippen LogP contribution in [0.2, 0.25) is 0 Å². The van der Waals surface area contributed by atoms with Crippen LogP contribution in [-0.2, 0) is 24.0 Å². The van der Waals surface area contributed by atoms with Gasteiger partial charge in [0.05, 0.1) is 12.6 Å². The van der Waals surface area contributed by atoms with Gasteiger partial charge in [0.1, 0.15) is 12.1 Å². The highest BCUT2D eigenvalue weighted by molar-refractivity contribution is 6.38. The summed E-state index contributed by atoms with van der Waals surface area (Å²) in [5, 5.41) is 7.53. The summed E-state index contributed by atoms with van der Waals surface area (Å²) in [6.07, 6.45) is 2.55. The standard InChI is InChI=1S/C22H35N5O6/c1-7-10-26(6)17(29)12-23-22(33)25-18(13(2)3)21(32)27-11-8-9-16(27)20(31)24-14(4)19(30)15(5)28/h7,13-14,16,18H,1,8-12H2,2-6H3,(H,24,31)(H2,23,25,33). The van der Waals surface area contributed by atoms with E-state index in [2.05, 4.69) is 22.5 Å². The molecule has 184 valence electrons. The summed E-state index contributed by atoms with van der Waals surface area (Å²) in [7, 11) is 1.58. The van der Waals surface area contributed by atoms with Crippen molar-refractivity contribution in [2.75, 3.05) is 26.7 Å². The summed E-state index contributed by atoms with van der Waals surface area (Å²) in [6.45, 7) is 10.0. The minimum atomic E-state index is -0.992. The fourth-order valence-electron chi connectivity index (χ4n) is 3.45. The Labute approximate surface area is 194 Å². The lowest BCUT2D eigenvalue weighted by atomic mass is 10.0. The molecule has 0 aromatic carbocycles. The van der Waals surface area contributed by atoms with Gasteiger partial charge in [-0.2, -0.15) is 0 Å². The quantitative estimate of drug-likeness (QED) is 0.280. The maximum absolute atomic E-state index is 13.2. The summed E-state index contributed by atoms with van der Waals surface area (Å²) in [5.41, 5.74) is 0. The van der Waals surface area contributed by atoms with Gasteiger partial charge in [-0.25, -0.2) is 4.79 Å². The average Bonchev–Trinajstić information content (AvgIpc) is 3.24. The van der Waals surface area contributed by atoms with Crippen LogP contribution in [0.1, 0.15) is 40.5 Å². The van der Waals surface area contributed by atoms with Crippen molar-refractivity contribution in [2.45, 2.75) is 58.7 Å². The first kappa shape index (κ1) is 27.8. The Balaban J connectivity index is 2.79. The molecular formula is C22H35N5O6. The van der Waals surface area contributed by atoms with E-state index < -0.39 is 47.5 Å². The van der Waals surface area contributed by atoms with Gasteiger partial charge in [-0.1, -0.05) is 19.9 Å². The molecule has 0 aliphatic carbocycles. The van der Waals surface area contributed by atoms with Crippen LogP contribution in [0.5, 0.6) is 0 Å². The number of amides is 5. The lowest BCUT2D eigenvalue weighted by Gasteiger charge is -2.31. The second-order valence-electron chi connectivity index (χ2n) is 8.45. The summed E-state index contributed by atoms with van der Waals surface area (Å²) in [6, 6.07) is -3.40. The molecular weight excluding hydrogens is 430 g/mol. The number of nitrogens with one attached hydrogen (secondary N) is 3. The maximum atomic E-state index is 13.2. The molecule has 0 bridgehead atoms. The number of hydrogen-bond acceptors (Lipinski definition) is 6. The third kappa shape index (κ3) is 7.99. The Morgan fingerprint density at radius 2 is 1.76 bits per heavy atom. The van der Waals surface area contributed by atoms with Gasteiger partial charge in [0.2, 0.25) is 23.5 Å². The van der Waals surface area contributed by atoms with Crippen LogP contribution in [0.25, 0.3) is 0 Å². The van der Waals surface area contributed by atoms with Gasteiger partial charge in [-0.15, -0.1) is 6.58 Å². The van der Waals surface area contributed by atoms with Crippen molar-refractivity contribution >= 4 is 35.3 Å². The van der Waals surface area contributed by atoms with Crippen LogP contribution < -0.4 is 16.0 Å². The molecule has 5 amide bonds. The van der Waals surface area contributed by atoms with Gasteiger partial charge >= 0.3 is 6.03 Å². The number of likely N-dealkylation sites (tertiary alicyclic amines) is 1. The predicted molar refractivity (Wildman–Crippen MR) is 121 cm³/mol. The van der Waals surface area contributed by atoms with Crippen LogP contribution in [0.4, 0.5) is 4.79 Å². The van der Waals surface area contributed by atoms with E-state index in [0.717, 1.165) is 6.92 Å². The van der Waals surface area contributed by atoms with E-state index in [1.807, 2.05) is 0 Å². The summed E-state index contributed by atoms with van der Waals surface area (Å²) >= 11 is 0. The van der Waals surface area contributed by atoms with Crippen LogP contribution in [0.15, 0.2) is 12.7 Å². The van der Waals surface area contributed by atoms with Crippen molar-refractivity contribution in [3.8, 4) is 0 Å². The Morgan fingerprint density at radius 3 is 2.30 bits per heavy atom. The Morgan fingerprint density at radius 1 is 1.12 bits per heavy atom. The molecule has 0 aromatic heterocycles. The van der Waals surface area contributed by atoms with Crippen molar-refractivity contribution in [2.24, 2.45) is 5.92 Å². The second kappa shape index (κ2) is 12.7. The first-order valence-electron chi connectivity index (χ1n) is 11.0. The highest BCUT2D eigenvalue weighted by Crippen LogP contribution is 2.20. The van der Waals surface area contributed by atoms with Crippen LogP contribution >= 0.6 is 0 Å². The van der Waals surface area contributed by atoms with E-state index in [4.69, 9.17) is 0 Å². The van der Waals surface area contributed by atoms with Crippen LogP contribution in [-0.4, -0.2) is 89.9 Å². The molecule has 1 fully saturated rings. The molecule has 0 radical (unpaired) electrons. The molecule has 0 spiro atoms. The number of ketones is 2. The monoisotopic (exact) mass is 465 g/mol. The molecule has 11 nitrogen and oxygen atoms in total. The summed E-state index contributed by atoms with van der Waals surface area (Å²) in [4.78, 5) is 76.0. The largest absolute Gasteiger partial charge is 0.344 e. The molecule has 1 aliphatic rings. The van der Waals surface area contributed by atoms with Gasteiger partial charge in [0.15, 0.2) is 5.78 Å². The maximum Gasteiger partial charge on any atom is 0.315 e. The number of likely N-dealkylation sites (N-methyl/N-ethyl adjacent to an activating group) is 1. The van der Waals surface area contributed by atoms with Crippen molar-refractivity contribution in [3.63, 3.8) is 0 Å². The predicted octanol–water partition coefficient (Wildman–Crippen LogP) is -0.392. The Hall–Kier alpha value is -3.24. The average molecular weight is 466 g/mol. The van der Waals surface area contributed by atoms with Gasteiger partial charge in [-0.05, 0) is 25.7 Å². The number of carbonyl (C=O) groups excluding carboxylic acids is 6. The fraction of sp³-hybridized carbons (Fsp3) is 0.636. The highest BCUT2D eigenvalue weighted by Gasteiger charge is 2.39. The molecule has 3 atom stereocenters. The smallest absolute Gasteiger partial charge is 0.315 e. The van der Waals surface area contributed by atoms with Crippen LogP contribution in [0, 0.1) is 5.92 Å². The summed E-state index contributed by atoms with van der Waals surface area (Å²) < 4.78 is 0. The van der Waals surface area contributed by atoms with Crippen molar-refractivity contribution in [3.05, 3.63) is 12.7 Å². The zero-order chi connectivity index (χ0) is 25.3. The molecule has 33 heavy (non-hydrogen) atoms. The number of nitrogens with zero attached hydrogens (tertiary/aromatic N) is 2. The molecule has 0 aromatic rings. The number of hydrogen-bond donors (Lipinski definition) is 3. The van der Waals surface area contributed by atoms with Crippen molar-refractivity contribution in [1.82, 2.24) is 25.8 Å². The second-order valence-corrected chi connectivity index (χ2v) is 8.45. The molecule has 1 aliphatic heterocycles. The zero-order valence-corrected chi connectivity index (χ0v) is 20.0. The van der Waals surface area contributed by atoms with E-state index in [1.54, 1.807) is 27.0 Å². The first-order valence-corrected chi connectivity index (χ1v) is 11.0. The third-order valence-electron chi connectivity index (χ3n) is 5.39. The molecule has 3 N–H and O–H groups in total. The van der Waals surface area contributed by atoms with Crippen LogP contribution in [0.3, 0.4) is 0 Å². The SMILES string of the molecule is C=CCN(C)C(=O)CNC(=O)NC(C(=O)N1CCCC1C(=O)NC(C)C(=O)C(C)=O)C(C)C. The first-order chi connectivity index (χ1) is 15.4. The van der Waals surface area contributed by atoms with Crippen molar-refractivity contribution in [1.29, 1.82) is 0 Å². The van der Waals surface area contributed by atoms with E-state index in [1.165, 1.54) is 16.7 Å². The normalized spacial score (nSPS) is 17.0. The third-order valence-corrected chi connectivity index (χ3v) is 5.39. The van der Waals surface area contributed by atoms with Gasteiger partial charge in [0.25, 0.3) is 0 Å². The Kier molecular flexibility index (Phi) is 10.7. The number of Topliss-reactive ketones (excluding diaryl/α,β-unsaturated/α-hetero) is 2. The number of carbonyl (C=O) groups is 6.